The largest absolute Gasteiger partial charge is 0.507 e. The molecule has 0 bridgehead atoms. The van der Waals surface area contributed by atoms with Crippen LogP contribution in [0, 0.1) is 5.82 Å². The summed E-state index contributed by atoms with van der Waals surface area (Å²) in [4.78, 5) is 29.1. The number of benzene rings is 2. The van der Waals surface area contributed by atoms with Gasteiger partial charge in [0.2, 0.25) is 0 Å². The summed E-state index contributed by atoms with van der Waals surface area (Å²) in [6.45, 7) is 4.71. The van der Waals surface area contributed by atoms with Crippen molar-refractivity contribution in [3.8, 4) is 5.75 Å². The maximum atomic E-state index is 13.3. The van der Waals surface area contributed by atoms with Crippen molar-refractivity contribution in [2.45, 2.75) is 26.0 Å². The van der Waals surface area contributed by atoms with Gasteiger partial charge in [0.1, 0.15) is 17.3 Å². The number of hydrogen-bond acceptors (Lipinski definition) is 5. The van der Waals surface area contributed by atoms with Crippen LogP contribution in [-0.4, -0.2) is 59.9 Å². The molecule has 1 aliphatic rings. The maximum Gasteiger partial charge on any atom is 0.295 e. The van der Waals surface area contributed by atoms with Crippen molar-refractivity contribution in [3.63, 3.8) is 0 Å². The average Bonchev–Trinajstić information content (AvgIpc) is 2.97. The molecule has 1 amide bonds. The zero-order valence-electron chi connectivity index (χ0n) is 18.1. The molecule has 1 aliphatic heterocycles. The van der Waals surface area contributed by atoms with E-state index in [1.54, 1.807) is 24.3 Å². The minimum absolute atomic E-state index is 0.00658. The Hall–Kier alpha value is -3.19. The number of carbonyl (C=O) groups excluding carboxylic acids is 2. The van der Waals surface area contributed by atoms with Crippen LogP contribution < -0.4 is 4.74 Å². The van der Waals surface area contributed by atoms with Crippen LogP contribution in [-0.2, 0) is 9.59 Å². The highest BCUT2D eigenvalue weighted by atomic mass is 19.1. The van der Waals surface area contributed by atoms with E-state index in [0.717, 1.165) is 0 Å². The number of nitrogens with zero attached hydrogens (tertiary/aromatic N) is 2. The van der Waals surface area contributed by atoms with Crippen molar-refractivity contribution in [2.24, 2.45) is 0 Å². The average molecular weight is 426 g/mol. The monoisotopic (exact) mass is 426 g/mol. The molecule has 1 heterocycles. The van der Waals surface area contributed by atoms with Gasteiger partial charge in [-0.05, 0) is 69.9 Å². The van der Waals surface area contributed by atoms with Crippen molar-refractivity contribution in [2.75, 3.05) is 27.2 Å². The second-order valence-corrected chi connectivity index (χ2v) is 8.04. The minimum Gasteiger partial charge on any atom is -0.507 e. The molecule has 1 atom stereocenters. The number of carbonyl (C=O) groups is 2. The van der Waals surface area contributed by atoms with Crippen LogP contribution in [0.3, 0.4) is 0 Å². The lowest BCUT2D eigenvalue weighted by atomic mass is 9.95. The molecular formula is C24H27FN2O4. The van der Waals surface area contributed by atoms with Crippen LogP contribution in [0.2, 0.25) is 0 Å². The van der Waals surface area contributed by atoms with Crippen LogP contribution >= 0.6 is 0 Å². The first-order valence-corrected chi connectivity index (χ1v) is 10.1. The SMILES string of the molecule is CC(C)Oc1ccc([C@H]2/C(=C(\O)c3ccc(F)cc3)C(=O)C(=O)N2CCN(C)C)cc1. The lowest BCUT2D eigenvalue weighted by molar-refractivity contribution is -0.140. The van der Waals surface area contributed by atoms with E-state index in [4.69, 9.17) is 4.74 Å². The third-order valence-corrected chi connectivity index (χ3v) is 5.01. The number of likely N-dealkylation sites (tertiary alicyclic amines) is 1. The first-order chi connectivity index (χ1) is 14.7. The van der Waals surface area contributed by atoms with Gasteiger partial charge in [0.15, 0.2) is 0 Å². The number of likely N-dealkylation sites (N-methyl/N-ethyl adjacent to an activating group) is 1. The summed E-state index contributed by atoms with van der Waals surface area (Å²) >= 11 is 0. The van der Waals surface area contributed by atoms with Gasteiger partial charge in [-0.15, -0.1) is 0 Å². The van der Waals surface area contributed by atoms with Crippen molar-refractivity contribution < 1.29 is 23.8 Å². The topological polar surface area (TPSA) is 70.1 Å². The number of aliphatic hydroxyl groups is 1. The molecule has 6 nitrogen and oxygen atoms in total. The predicted octanol–water partition coefficient (Wildman–Crippen LogP) is 3.60. The molecule has 164 valence electrons. The highest BCUT2D eigenvalue weighted by Crippen LogP contribution is 2.39. The second-order valence-electron chi connectivity index (χ2n) is 8.04. The molecule has 0 saturated carbocycles. The van der Waals surface area contributed by atoms with E-state index in [1.807, 2.05) is 32.8 Å². The molecule has 0 radical (unpaired) electrons. The van der Waals surface area contributed by atoms with Gasteiger partial charge < -0.3 is 19.6 Å². The lowest BCUT2D eigenvalue weighted by Gasteiger charge is -2.26. The van der Waals surface area contributed by atoms with Crippen molar-refractivity contribution >= 4 is 17.4 Å². The van der Waals surface area contributed by atoms with Gasteiger partial charge in [0.25, 0.3) is 11.7 Å². The number of rotatable bonds is 7. The quantitative estimate of drug-likeness (QED) is 0.416. The van der Waals surface area contributed by atoms with Crippen LogP contribution in [0.4, 0.5) is 4.39 Å². The summed E-state index contributed by atoms with van der Waals surface area (Å²) < 4.78 is 19.0. The highest BCUT2D eigenvalue weighted by molar-refractivity contribution is 6.46. The predicted molar refractivity (Wildman–Crippen MR) is 116 cm³/mol. The van der Waals surface area contributed by atoms with Gasteiger partial charge in [-0.3, -0.25) is 9.59 Å². The van der Waals surface area contributed by atoms with E-state index < -0.39 is 23.5 Å². The van der Waals surface area contributed by atoms with Crippen molar-refractivity contribution in [3.05, 3.63) is 71.0 Å². The summed E-state index contributed by atoms with van der Waals surface area (Å²) in [6.07, 6.45) is 0.00931. The van der Waals surface area contributed by atoms with E-state index in [-0.39, 0.29) is 23.0 Å². The third kappa shape index (κ3) is 4.94. The first kappa shape index (κ1) is 22.5. The van der Waals surface area contributed by atoms with Gasteiger partial charge in [-0.2, -0.15) is 0 Å². The number of hydrogen-bond donors (Lipinski definition) is 1. The van der Waals surface area contributed by atoms with Gasteiger partial charge in [0.05, 0.1) is 17.7 Å². The standard InChI is InChI=1S/C24H27FN2O4/c1-15(2)31-19-11-7-16(8-12-19)21-20(22(28)17-5-9-18(25)10-6-17)23(29)24(30)27(21)14-13-26(3)4/h5-12,15,21,28H,13-14H2,1-4H3/b22-20+/t21-/m0/s1. The van der Waals surface area contributed by atoms with E-state index >= 15 is 0 Å². The van der Waals surface area contributed by atoms with Crippen LogP contribution in [0.15, 0.2) is 54.1 Å². The zero-order chi connectivity index (χ0) is 22.7. The maximum absolute atomic E-state index is 13.3. The number of ether oxygens (including phenoxy) is 1. The Morgan fingerprint density at radius 2 is 1.71 bits per heavy atom. The zero-order valence-corrected chi connectivity index (χ0v) is 18.1. The molecule has 1 N–H and O–H groups in total. The van der Waals surface area contributed by atoms with Crippen molar-refractivity contribution in [1.29, 1.82) is 0 Å². The Morgan fingerprint density at radius 3 is 2.26 bits per heavy atom. The smallest absolute Gasteiger partial charge is 0.295 e. The van der Waals surface area contributed by atoms with Gasteiger partial charge >= 0.3 is 0 Å². The number of aliphatic hydroxyl groups excluding tert-OH is 1. The number of amides is 1. The van der Waals surface area contributed by atoms with Gasteiger partial charge in [-0.25, -0.2) is 4.39 Å². The molecule has 2 aromatic carbocycles. The highest BCUT2D eigenvalue weighted by Gasteiger charge is 2.45. The van der Waals surface area contributed by atoms with Crippen LogP contribution in [0.1, 0.15) is 31.0 Å². The van der Waals surface area contributed by atoms with E-state index in [0.29, 0.717) is 24.4 Å². The van der Waals surface area contributed by atoms with E-state index in [1.165, 1.54) is 29.2 Å². The molecule has 0 aromatic heterocycles. The Kier molecular flexibility index (Phi) is 6.75. The fourth-order valence-electron chi connectivity index (χ4n) is 3.53. The lowest BCUT2D eigenvalue weighted by Crippen LogP contribution is -2.35. The molecule has 31 heavy (non-hydrogen) atoms. The van der Waals surface area contributed by atoms with E-state index in [2.05, 4.69) is 0 Å². The fourth-order valence-corrected chi connectivity index (χ4v) is 3.53. The molecule has 0 unspecified atom stereocenters. The Morgan fingerprint density at radius 1 is 1.10 bits per heavy atom. The number of Topliss-reactive ketones (excluding diaryl/α,β-unsaturated/α-hetero) is 1. The van der Waals surface area contributed by atoms with E-state index in [9.17, 15) is 19.1 Å². The number of ketones is 1. The summed E-state index contributed by atoms with van der Waals surface area (Å²) in [5.74, 6) is -1.54. The summed E-state index contributed by atoms with van der Waals surface area (Å²) in [7, 11) is 3.75. The second kappa shape index (κ2) is 9.31. The van der Waals surface area contributed by atoms with Crippen LogP contribution in [0.5, 0.6) is 5.75 Å². The van der Waals surface area contributed by atoms with Crippen molar-refractivity contribution in [1.82, 2.24) is 9.80 Å². The normalized spacial score (nSPS) is 18.3. The molecule has 1 fully saturated rings. The summed E-state index contributed by atoms with van der Waals surface area (Å²) in [6, 6.07) is 11.5. The molecule has 0 aliphatic carbocycles. The van der Waals surface area contributed by atoms with Gasteiger partial charge in [-0.1, -0.05) is 12.1 Å². The fraction of sp³-hybridized carbons (Fsp3) is 0.333. The molecule has 3 rings (SSSR count). The molecule has 0 spiro atoms. The first-order valence-electron chi connectivity index (χ1n) is 10.1. The Labute approximate surface area is 181 Å². The summed E-state index contributed by atoms with van der Waals surface area (Å²) in [5.41, 5.74) is 0.947. The third-order valence-electron chi connectivity index (χ3n) is 5.01. The number of halogens is 1. The Balaban J connectivity index is 2.08. The van der Waals surface area contributed by atoms with Crippen LogP contribution in [0.25, 0.3) is 5.76 Å². The molecule has 2 aromatic rings. The molecule has 7 heteroatoms. The molecule has 1 saturated heterocycles. The Bertz CT molecular complexity index is 982. The minimum atomic E-state index is -0.756. The molecular weight excluding hydrogens is 399 g/mol. The van der Waals surface area contributed by atoms with Gasteiger partial charge in [0, 0.05) is 18.7 Å². The summed E-state index contributed by atoms with van der Waals surface area (Å²) in [5, 5.41) is 10.9.